The Morgan fingerprint density at radius 3 is 2.71 bits per heavy atom. The second-order valence-corrected chi connectivity index (χ2v) is 5.21. The average molecular weight is 289 g/mol. The van der Waals surface area contributed by atoms with Crippen LogP contribution in [0, 0.1) is 0 Å². The van der Waals surface area contributed by atoms with E-state index in [0.29, 0.717) is 5.57 Å². The lowest BCUT2D eigenvalue weighted by atomic mass is 10.0. The zero-order chi connectivity index (χ0) is 14.8. The molecule has 3 rings (SSSR count). The molecule has 1 saturated heterocycles. The largest absolute Gasteiger partial charge is 0.497 e. The molecule has 1 atom stereocenters. The Balaban J connectivity index is 1.99. The first-order valence-electron chi connectivity index (χ1n) is 7.11. The highest BCUT2D eigenvalue weighted by Gasteiger charge is 2.34. The Morgan fingerprint density at radius 1 is 1.29 bits per heavy atom. The molecule has 0 bridgehead atoms. The monoisotopic (exact) mass is 289 g/mol. The molecule has 5 heteroatoms. The summed E-state index contributed by atoms with van der Waals surface area (Å²) in [7, 11) is 3.01. The maximum absolute atomic E-state index is 12.1. The van der Waals surface area contributed by atoms with E-state index in [1.54, 1.807) is 7.11 Å². The SMILES string of the molecule is COC(=O)C1=Cc2cc(OC)ccc2OC1N1CCCC1. The van der Waals surface area contributed by atoms with Crippen molar-refractivity contribution in [3.05, 3.63) is 29.3 Å². The van der Waals surface area contributed by atoms with Crippen LogP contribution in [0.25, 0.3) is 6.08 Å². The first-order chi connectivity index (χ1) is 10.2. The molecular weight excluding hydrogens is 270 g/mol. The fourth-order valence-corrected chi connectivity index (χ4v) is 2.82. The van der Waals surface area contributed by atoms with Crippen LogP contribution in [0.3, 0.4) is 0 Å². The molecular formula is C16H19NO4. The minimum atomic E-state index is -0.360. The summed E-state index contributed by atoms with van der Waals surface area (Å²) in [6, 6.07) is 5.59. The number of ether oxygens (including phenoxy) is 3. The molecule has 0 aliphatic carbocycles. The summed E-state index contributed by atoms with van der Waals surface area (Å²) in [5.74, 6) is 1.15. The molecule has 2 heterocycles. The third-order valence-corrected chi connectivity index (χ3v) is 3.93. The van der Waals surface area contributed by atoms with E-state index >= 15 is 0 Å². The normalized spacial score (nSPS) is 21.2. The van der Waals surface area contributed by atoms with Crippen molar-refractivity contribution in [2.75, 3.05) is 27.3 Å². The summed E-state index contributed by atoms with van der Waals surface area (Å²) < 4.78 is 16.2. The number of rotatable bonds is 3. The number of hydrogen-bond acceptors (Lipinski definition) is 5. The van der Waals surface area contributed by atoms with Gasteiger partial charge in [-0.3, -0.25) is 4.90 Å². The lowest BCUT2D eigenvalue weighted by Gasteiger charge is -2.32. The maximum atomic E-state index is 12.1. The fourth-order valence-electron chi connectivity index (χ4n) is 2.82. The Labute approximate surface area is 124 Å². The average Bonchev–Trinajstić information content (AvgIpc) is 3.06. The maximum Gasteiger partial charge on any atom is 0.338 e. The number of esters is 1. The molecule has 1 unspecified atom stereocenters. The fraction of sp³-hybridized carbons (Fsp3) is 0.438. The van der Waals surface area contributed by atoms with E-state index in [0.717, 1.165) is 43.0 Å². The van der Waals surface area contributed by atoms with Gasteiger partial charge in [-0.2, -0.15) is 0 Å². The molecule has 0 N–H and O–H groups in total. The zero-order valence-corrected chi connectivity index (χ0v) is 12.3. The summed E-state index contributed by atoms with van der Waals surface area (Å²) in [6.07, 6.45) is 3.74. The van der Waals surface area contributed by atoms with Crippen molar-refractivity contribution in [2.24, 2.45) is 0 Å². The molecule has 1 aromatic rings. The highest BCUT2D eigenvalue weighted by Crippen LogP contribution is 2.34. The number of carbonyl (C=O) groups excluding carboxylic acids is 1. The molecule has 0 aromatic heterocycles. The van der Waals surface area contributed by atoms with Crippen molar-refractivity contribution in [3.63, 3.8) is 0 Å². The predicted molar refractivity (Wildman–Crippen MR) is 78.2 cm³/mol. The highest BCUT2D eigenvalue weighted by atomic mass is 16.5. The molecule has 0 spiro atoms. The van der Waals surface area contributed by atoms with Crippen LogP contribution in [0.1, 0.15) is 18.4 Å². The van der Waals surface area contributed by atoms with Gasteiger partial charge in [0.25, 0.3) is 0 Å². The van der Waals surface area contributed by atoms with E-state index in [-0.39, 0.29) is 12.2 Å². The number of methoxy groups -OCH3 is 2. The lowest BCUT2D eigenvalue weighted by molar-refractivity contribution is -0.138. The summed E-state index contributed by atoms with van der Waals surface area (Å²) in [5.41, 5.74) is 1.38. The summed E-state index contributed by atoms with van der Waals surface area (Å²) in [6.45, 7) is 1.87. The lowest BCUT2D eigenvalue weighted by Crippen LogP contribution is -2.42. The van der Waals surface area contributed by atoms with Gasteiger partial charge in [0.05, 0.1) is 19.8 Å². The summed E-state index contributed by atoms with van der Waals surface area (Å²) >= 11 is 0. The molecule has 0 radical (unpaired) electrons. The van der Waals surface area contributed by atoms with Crippen molar-refractivity contribution < 1.29 is 19.0 Å². The van der Waals surface area contributed by atoms with Crippen LogP contribution in [0.2, 0.25) is 0 Å². The smallest absolute Gasteiger partial charge is 0.338 e. The summed E-state index contributed by atoms with van der Waals surface area (Å²) in [5, 5.41) is 0. The minimum Gasteiger partial charge on any atom is -0.497 e. The second-order valence-electron chi connectivity index (χ2n) is 5.21. The molecule has 2 aliphatic heterocycles. The predicted octanol–water partition coefficient (Wildman–Crippen LogP) is 2.07. The number of nitrogens with zero attached hydrogens (tertiary/aromatic N) is 1. The van der Waals surface area contributed by atoms with Gasteiger partial charge in [-0.05, 0) is 37.1 Å². The number of carbonyl (C=O) groups is 1. The number of likely N-dealkylation sites (tertiary alicyclic amines) is 1. The number of fused-ring (bicyclic) bond motifs is 1. The molecule has 2 aliphatic rings. The van der Waals surface area contributed by atoms with E-state index in [4.69, 9.17) is 14.2 Å². The Kier molecular flexibility index (Phi) is 3.84. The van der Waals surface area contributed by atoms with E-state index in [1.807, 2.05) is 24.3 Å². The minimum absolute atomic E-state index is 0.347. The van der Waals surface area contributed by atoms with Crippen LogP contribution in [-0.4, -0.2) is 44.4 Å². The third-order valence-electron chi connectivity index (χ3n) is 3.93. The number of hydrogen-bond donors (Lipinski definition) is 0. The van der Waals surface area contributed by atoms with Gasteiger partial charge >= 0.3 is 5.97 Å². The van der Waals surface area contributed by atoms with Crippen LogP contribution < -0.4 is 9.47 Å². The van der Waals surface area contributed by atoms with Crippen LogP contribution in [0.5, 0.6) is 11.5 Å². The van der Waals surface area contributed by atoms with Gasteiger partial charge in [0.15, 0.2) is 6.23 Å². The molecule has 5 nitrogen and oxygen atoms in total. The first-order valence-corrected chi connectivity index (χ1v) is 7.11. The van der Waals surface area contributed by atoms with Crippen LogP contribution in [0.15, 0.2) is 23.8 Å². The molecule has 1 fully saturated rings. The second kappa shape index (κ2) is 5.77. The molecule has 21 heavy (non-hydrogen) atoms. The van der Waals surface area contributed by atoms with Gasteiger partial charge in [-0.15, -0.1) is 0 Å². The van der Waals surface area contributed by atoms with E-state index in [1.165, 1.54) is 7.11 Å². The molecule has 0 saturated carbocycles. The topological polar surface area (TPSA) is 48.0 Å². The quantitative estimate of drug-likeness (QED) is 0.797. The highest BCUT2D eigenvalue weighted by molar-refractivity contribution is 5.96. The zero-order valence-electron chi connectivity index (χ0n) is 12.3. The van der Waals surface area contributed by atoms with E-state index in [9.17, 15) is 4.79 Å². The Morgan fingerprint density at radius 2 is 2.05 bits per heavy atom. The molecule has 1 aromatic carbocycles. The molecule has 112 valence electrons. The Hall–Kier alpha value is -2.01. The van der Waals surface area contributed by atoms with Crippen molar-refractivity contribution in [3.8, 4) is 11.5 Å². The first kappa shape index (κ1) is 13.9. The van der Waals surface area contributed by atoms with Crippen molar-refractivity contribution in [2.45, 2.75) is 19.1 Å². The van der Waals surface area contributed by atoms with Gasteiger partial charge < -0.3 is 14.2 Å². The van der Waals surface area contributed by atoms with Gasteiger partial charge in [0, 0.05) is 18.7 Å². The van der Waals surface area contributed by atoms with Crippen molar-refractivity contribution in [1.29, 1.82) is 0 Å². The van der Waals surface area contributed by atoms with E-state index in [2.05, 4.69) is 4.90 Å². The van der Waals surface area contributed by atoms with Gasteiger partial charge in [0.1, 0.15) is 11.5 Å². The van der Waals surface area contributed by atoms with Crippen LogP contribution in [-0.2, 0) is 9.53 Å². The van der Waals surface area contributed by atoms with Crippen molar-refractivity contribution in [1.82, 2.24) is 4.90 Å². The van der Waals surface area contributed by atoms with E-state index < -0.39 is 0 Å². The number of benzene rings is 1. The third kappa shape index (κ3) is 2.61. The van der Waals surface area contributed by atoms with Crippen molar-refractivity contribution >= 4 is 12.0 Å². The van der Waals surface area contributed by atoms with Gasteiger partial charge in [-0.25, -0.2) is 4.79 Å². The standard InChI is InChI=1S/C16H19NO4/c1-19-12-5-6-14-11(9-12)10-13(16(18)20-2)15(21-14)17-7-3-4-8-17/h5-6,9-10,15H,3-4,7-8H2,1-2H3. The molecule has 0 amide bonds. The Bertz CT molecular complexity index is 576. The van der Waals surface area contributed by atoms with Gasteiger partial charge in [0.2, 0.25) is 0 Å². The van der Waals surface area contributed by atoms with Gasteiger partial charge in [-0.1, -0.05) is 0 Å². The van der Waals surface area contributed by atoms with Crippen LogP contribution >= 0.6 is 0 Å². The summed E-state index contributed by atoms with van der Waals surface area (Å²) in [4.78, 5) is 14.2. The van der Waals surface area contributed by atoms with Crippen LogP contribution in [0.4, 0.5) is 0 Å².